The molecule has 4 N–H and O–H groups in total. The van der Waals surface area contributed by atoms with E-state index < -0.39 is 5.54 Å². The highest BCUT2D eigenvalue weighted by molar-refractivity contribution is 5.89. The molecule has 3 unspecified atom stereocenters. The maximum atomic E-state index is 12.9. The summed E-state index contributed by atoms with van der Waals surface area (Å²) < 4.78 is 5.89. The minimum absolute atomic E-state index is 0.0379. The number of hydrogen-bond acceptors (Lipinski definition) is 3. The molecule has 2 fully saturated rings. The summed E-state index contributed by atoms with van der Waals surface area (Å²) in [6, 6.07) is 8.22. The smallest absolute Gasteiger partial charge is 0.241 e. The van der Waals surface area contributed by atoms with Crippen LogP contribution in [0.15, 0.2) is 30.5 Å². The number of nitrogens with two attached hydrogens (primary N) is 1. The Kier molecular flexibility index (Phi) is 3.89. The molecule has 1 saturated heterocycles. The molecular formula is C20H27N3O2. The van der Waals surface area contributed by atoms with E-state index in [1.807, 2.05) is 18.3 Å². The number of carbonyl (C=O) groups is 1. The van der Waals surface area contributed by atoms with Gasteiger partial charge in [0.1, 0.15) is 5.54 Å². The summed E-state index contributed by atoms with van der Waals surface area (Å²) in [5.41, 5.74) is 7.81. The number of fused-ring (bicyclic) bond motifs is 2. The number of aromatic nitrogens is 1. The summed E-state index contributed by atoms with van der Waals surface area (Å²) in [6.07, 6.45) is 4.87. The third kappa shape index (κ3) is 2.33. The van der Waals surface area contributed by atoms with Gasteiger partial charge in [-0.25, -0.2) is 0 Å². The summed E-state index contributed by atoms with van der Waals surface area (Å²) in [4.78, 5) is 16.2. The van der Waals surface area contributed by atoms with Crippen molar-refractivity contribution in [3.8, 4) is 0 Å². The highest BCUT2D eigenvalue weighted by Gasteiger charge is 2.70. The fraction of sp³-hybridized carbons (Fsp3) is 0.550. The Hall–Kier alpha value is -1.85. The molecule has 0 radical (unpaired) electrons. The van der Waals surface area contributed by atoms with Crippen molar-refractivity contribution >= 4 is 16.8 Å². The zero-order valence-corrected chi connectivity index (χ0v) is 15.0. The van der Waals surface area contributed by atoms with Crippen LogP contribution < -0.4 is 11.1 Å². The van der Waals surface area contributed by atoms with Gasteiger partial charge >= 0.3 is 0 Å². The van der Waals surface area contributed by atoms with Gasteiger partial charge in [0, 0.05) is 41.6 Å². The highest BCUT2D eigenvalue weighted by Crippen LogP contribution is 2.57. The van der Waals surface area contributed by atoms with Crippen molar-refractivity contribution in [2.75, 3.05) is 13.2 Å². The van der Waals surface area contributed by atoms with Crippen molar-refractivity contribution < 1.29 is 9.53 Å². The van der Waals surface area contributed by atoms with Gasteiger partial charge in [0.15, 0.2) is 0 Å². The van der Waals surface area contributed by atoms with Gasteiger partial charge < -0.3 is 20.8 Å². The fourth-order valence-corrected chi connectivity index (χ4v) is 4.83. The molecule has 2 aromatic rings. The Labute approximate surface area is 148 Å². The van der Waals surface area contributed by atoms with Crippen LogP contribution in [0.5, 0.6) is 0 Å². The number of aromatic amines is 1. The second-order valence-electron chi connectivity index (χ2n) is 8.00. The van der Waals surface area contributed by atoms with Gasteiger partial charge in [-0.15, -0.1) is 0 Å². The molecule has 1 aliphatic carbocycles. The summed E-state index contributed by atoms with van der Waals surface area (Å²) in [5, 5.41) is 4.30. The number of ether oxygens (including phenoxy) is 1. The van der Waals surface area contributed by atoms with E-state index in [0.717, 1.165) is 31.4 Å². The third-order valence-corrected chi connectivity index (χ3v) is 6.42. The first-order valence-corrected chi connectivity index (χ1v) is 9.20. The van der Waals surface area contributed by atoms with Crippen LogP contribution in [0.4, 0.5) is 0 Å². The zero-order chi connectivity index (χ0) is 17.7. The highest BCUT2D eigenvalue weighted by atomic mass is 16.5. The van der Waals surface area contributed by atoms with Crippen LogP contribution in [0.2, 0.25) is 0 Å². The van der Waals surface area contributed by atoms with Crippen molar-refractivity contribution in [3.63, 3.8) is 0 Å². The number of amides is 1. The van der Waals surface area contributed by atoms with E-state index in [9.17, 15) is 4.79 Å². The van der Waals surface area contributed by atoms with Crippen molar-refractivity contribution in [1.29, 1.82) is 0 Å². The Morgan fingerprint density at radius 2 is 2.20 bits per heavy atom. The molecule has 5 nitrogen and oxygen atoms in total. The molecule has 134 valence electrons. The molecule has 1 aliphatic heterocycles. The predicted molar refractivity (Wildman–Crippen MR) is 98.2 cm³/mol. The molecule has 2 heterocycles. The van der Waals surface area contributed by atoms with Crippen LogP contribution >= 0.6 is 0 Å². The summed E-state index contributed by atoms with van der Waals surface area (Å²) in [5.74, 6) is 0.0911. The first-order valence-electron chi connectivity index (χ1n) is 9.20. The van der Waals surface area contributed by atoms with Gasteiger partial charge in [0.05, 0.1) is 6.10 Å². The first kappa shape index (κ1) is 16.6. The third-order valence-electron chi connectivity index (χ3n) is 6.42. The number of carbonyl (C=O) groups excluding carboxylic acids is 1. The number of H-pyrrole nitrogens is 1. The molecule has 1 saturated carbocycles. The maximum Gasteiger partial charge on any atom is 0.241 e. The average Bonchev–Trinajstić information content (AvgIpc) is 3.04. The van der Waals surface area contributed by atoms with Gasteiger partial charge in [-0.1, -0.05) is 32.0 Å². The molecule has 5 heteroatoms. The van der Waals surface area contributed by atoms with E-state index in [4.69, 9.17) is 10.5 Å². The van der Waals surface area contributed by atoms with Crippen LogP contribution in [-0.4, -0.2) is 35.7 Å². The molecule has 0 bridgehead atoms. The number of rotatable bonds is 4. The van der Waals surface area contributed by atoms with Crippen molar-refractivity contribution in [3.05, 3.63) is 36.0 Å². The van der Waals surface area contributed by atoms with Gasteiger partial charge in [-0.2, -0.15) is 0 Å². The number of hydrogen-bond donors (Lipinski definition) is 3. The molecule has 0 spiro atoms. The van der Waals surface area contributed by atoms with Gasteiger partial charge in [0.25, 0.3) is 0 Å². The molecule has 1 aromatic heterocycles. The summed E-state index contributed by atoms with van der Waals surface area (Å²) in [6.45, 7) is 5.48. The molecule has 3 atom stereocenters. The van der Waals surface area contributed by atoms with E-state index in [0.29, 0.717) is 6.54 Å². The van der Waals surface area contributed by atoms with Crippen molar-refractivity contribution in [2.24, 2.45) is 17.1 Å². The lowest BCUT2D eigenvalue weighted by atomic mass is 9.46. The lowest BCUT2D eigenvalue weighted by Gasteiger charge is -2.65. The molecule has 2 aliphatic rings. The Morgan fingerprint density at radius 3 is 3.04 bits per heavy atom. The van der Waals surface area contributed by atoms with E-state index in [-0.39, 0.29) is 23.3 Å². The number of nitrogens with one attached hydrogen (secondary N) is 2. The van der Waals surface area contributed by atoms with Crippen molar-refractivity contribution in [1.82, 2.24) is 10.3 Å². The lowest BCUT2D eigenvalue weighted by Crippen LogP contribution is -2.82. The number of para-hydroxylation sites is 1. The SMILES string of the molecule is CC1(C)C2OCCCC2C1(N)C(=O)NCCc1c[nH]c2ccccc12. The average molecular weight is 341 g/mol. The molecule has 25 heavy (non-hydrogen) atoms. The van der Waals surface area contributed by atoms with Crippen LogP contribution in [0, 0.1) is 11.3 Å². The van der Waals surface area contributed by atoms with E-state index in [1.54, 1.807) is 0 Å². The van der Waals surface area contributed by atoms with E-state index in [1.165, 1.54) is 10.9 Å². The Balaban J connectivity index is 1.42. The monoisotopic (exact) mass is 341 g/mol. The van der Waals surface area contributed by atoms with Gasteiger partial charge in [0.2, 0.25) is 5.91 Å². The second kappa shape index (κ2) is 5.85. The maximum absolute atomic E-state index is 12.9. The normalized spacial score (nSPS) is 30.5. The van der Waals surface area contributed by atoms with Crippen LogP contribution in [0.3, 0.4) is 0 Å². The zero-order valence-electron chi connectivity index (χ0n) is 15.0. The Bertz CT molecular complexity index is 797. The van der Waals surface area contributed by atoms with Crippen LogP contribution in [-0.2, 0) is 16.0 Å². The summed E-state index contributed by atoms with van der Waals surface area (Å²) >= 11 is 0. The van der Waals surface area contributed by atoms with Gasteiger partial charge in [-0.3, -0.25) is 4.79 Å². The quantitative estimate of drug-likeness (QED) is 0.799. The van der Waals surface area contributed by atoms with Crippen molar-refractivity contribution in [2.45, 2.75) is 44.8 Å². The lowest BCUT2D eigenvalue weighted by molar-refractivity contribution is -0.225. The topological polar surface area (TPSA) is 80.1 Å². The molecule has 4 rings (SSSR count). The molecular weight excluding hydrogens is 314 g/mol. The first-order chi connectivity index (χ1) is 12.0. The minimum Gasteiger partial charge on any atom is -0.377 e. The standard InChI is InChI=1S/C20H27N3O2/c1-19(2)17-15(7-5-11-25-17)20(19,21)18(24)22-10-9-13-12-23-16-8-4-3-6-14(13)16/h3-4,6,8,12,15,17,23H,5,7,9-11,21H2,1-2H3,(H,22,24). The molecule has 1 aromatic carbocycles. The number of benzene rings is 1. The van der Waals surface area contributed by atoms with E-state index >= 15 is 0 Å². The fourth-order valence-electron chi connectivity index (χ4n) is 4.83. The minimum atomic E-state index is -0.835. The largest absolute Gasteiger partial charge is 0.377 e. The predicted octanol–water partition coefficient (Wildman–Crippen LogP) is 2.36. The van der Waals surface area contributed by atoms with Crippen LogP contribution in [0.25, 0.3) is 10.9 Å². The Morgan fingerprint density at radius 1 is 1.40 bits per heavy atom. The molecule has 1 amide bonds. The summed E-state index contributed by atoms with van der Waals surface area (Å²) in [7, 11) is 0. The van der Waals surface area contributed by atoms with E-state index in [2.05, 4.69) is 36.3 Å². The van der Waals surface area contributed by atoms with Gasteiger partial charge in [-0.05, 0) is 30.9 Å². The second-order valence-corrected chi connectivity index (χ2v) is 8.00. The van der Waals surface area contributed by atoms with Crippen LogP contribution in [0.1, 0.15) is 32.3 Å².